The minimum absolute atomic E-state index is 1.06. The number of hydrogen-bond donors (Lipinski definition) is 0. The number of imidazole rings is 1. The van der Waals surface area contributed by atoms with Crippen molar-refractivity contribution >= 4 is 5.65 Å². The van der Waals surface area contributed by atoms with Gasteiger partial charge < -0.3 is 4.40 Å². The standard InChI is InChI=1S/C16H14N2/c1-11-6-9-15-17-16-13-5-3-2-4-12(13)7-8-14(16)18(15)10-11/h2-6,9-10H,7-8H2,1H3. The van der Waals surface area contributed by atoms with Crippen LogP contribution in [0, 0.1) is 6.92 Å². The molecule has 18 heavy (non-hydrogen) atoms. The summed E-state index contributed by atoms with van der Waals surface area (Å²) in [5.41, 5.74) is 7.59. The molecule has 1 aliphatic carbocycles. The summed E-state index contributed by atoms with van der Waals surface area (Å²) in [6.45, 7) is 2.13. The number of aryl methyl sites for hydroxylation is 3. The van der Waals surface area contributed by atoms with Gasteiger partial charge in [-0.2, -0.15) is 0 Å². The normalized spacial score (nSPS) is 13.4. The second-order valence-corrected chi connectivity index (χ2v) is 5.00. The summed E-state index contributed by atoms with van der Waals surface area (Å²) in [4.78, 5) is 4.80. The Balaban J connectivity index is 2.08. The Labute approximate surface area is 106 Å². The first-order chi connectivity index (χ1) is 8.83. The molecule has 3 aromatic rings. The zero-order valence-electron chi connectivity index (χ0n) is 10.4. The first-order valence-electron chi connectivity index (χ1n) is 6.39. The third-order valence-electron chi connectivity index (χ3n) is 3.77. The van der Waals surface area contributed by atoms with Gasteiger partial charge in [0.25, 0.3) is 0 Å². The number of aromatic nitrogens is 2. The van der Waals surface area contributed by atoms with Gasteiger partial charge in [0.15, 0.2) is 0 Å². The zero-order valence-corrected chi connectivity index (χ0v) is 10.4. The molecule has 2 nitrogen and oxygen atoms in total. The molecule has 1 aromatic carbocycles. The van der Waals surface area contributed by atoms with Gasteiger partial charge in [-0.15, -0.1) is 0 Å². The Kier molecular flexibility index (Phi) is 1.90. The van der Waals surface area contributed by atoms with Gasteiger partial charge >= 0.3 is 0 Å². The largest absolute Gasteiger partial charge is 0.303 e. The van der Waals surface area contributed by atoms with E-state index in [1.807, 2.05) is 0 Å². The number of pyridine rings is 1. The molecule has 88 valence electrons. The second kappa shape index (κ2) is 3.45. The van der Waals surface area contributed by atoms with Gasteiger partial charge in [0.2, 0.25) is 0 Å². The molecule has 4 rings (SSSR count). The van der Waals surface area contributed by atoms with Crippen LogP contribution in [0.3, 0.4) is 0 Å². The van der Waals surface area contributed by atoms with Gasteiger partial charge in [0.05, 0.1) is 11.4 Å². The summed E-state index contributed by atoms with van der Waals surface area (Å²) in [6, 6.07) is 12.9. The number of hydrogen-bond acceptors (Lipinski definition) is 1. The number of nitrogens with zero attached hydrogens (tertiary/aromatic N) is 2. The molecule has 0 fully saturated rings. The van der Waals surface area contributed by atoms with Crippen molar-refractivity contribution in [1.29, 1.82) is 0 Å². The van der Waals surface area contributed by atoms with Crippen LogP contribution in [0.15, 0.2) is 42.6 Å². The topological polar surface area (TPSA) is 17.3 Å². The van der Waals surface area contributed by atoms with E-state index in [1.165, 1.54) is 28.1 Å². The Morgan fingerprint density at radius 3 is 2.89 bits per heavy atom. The van der Waals surface area contributed by atoms with Crippen LogP contribution in [0.2, 0.25) is 0 Å². The summed E-state index contributed by atoms with van der Waals surface area (Å²) in [7, 11) is 0. The molecule has 0 aliphatic heterocycles. The van der Waals surface area contributed by atoms with Crippen molar-refractivity contribution < 1.29 is 0 Å². The summed E-state index contributed by atoms with van der Waals surface area (Å²) in [5.74, 6) is 0. The van der Waals surface area contributed by atoms with Crippen LogP contribution in [-0.2, 0) is 12.8 Å². The van der Waals surface area contributed by atoms with Crippen molar-refractivity contribution in [2.45, 2.75) is 19.8 Å². The number of rotatable bonds is 0. The molecular formula is C16H14N2. The van der Waals surface area contributed by atoms with Crippen LogP contribution in [0.25, 0.3) is 16.9 Å². The summed E-state index contributed by atoms with van der Waals surface area (Å²) < 4.78 is 2.25. The fraction of sp³-hybridized carbons (Fsp3) is 0.188. The predicted molar refractivity (Wildman–Crippen MR) is 72.8 cm³/mol. The van der Waals surface area contributed by atoms with Crippen molar-refractivity contribution in [3.63, 3.8) is 0 Å². The summed E-state index contributed by atoms with van der Waals surface area (Å²) in [5, 5.41) is 0. The first-order valence-corrected chi connectivity index (χ1v) is 6.39. The fourth-order valence-corrected chi connectivity index (χ4v) is 2.88. The SMILES string of the molecule is Cc1ccc2nc3c(n2c1)CCc1ccccc1-3. The Morgan fingerprint density at radius 1 is 1.06 bits per heavy atom. The maximum Gasteiger partial charge on any atom is 0.137 e. The molecule has 0 radical (unpaired) electrons. The van der Waals surface area contributed by atoms with Gasteiger partial charge in [0, 0.05) is 11.8 Å². The van der Waals surface area contributed by atoms with Crippen LogP contribution in [-0.4, -0.2) is 9.38 Å². The molecule has 2 aromatic heterocycles. The average molecular weight is 234 g/mol. The van der Waals surface area contributed by atoms with Gasteiger partial charge in [-0.1, -0.05) is 30.3 Å². The van der Waals surface area contributed by atoms with Crippen LogP contribution in [0.1, 0.15) is 16.8 Å². The van der Waals surface area contributed by atoms with Crippen LogP contribution >= 0.6 is 0 Å². The Bertz CT molecular complexity index is 753. The van der Waals surface area contributed by atoms with E-state index < -0.39 is 0 Å². The van der Waals surface area contributed by atoms with E-state index >= 15 is 0 Å². The minimum atomic E-state index is 1.06. The van der Waals surface area contributed by atoms with Gasteiger partial charge in [-0.3, -0.25) is 0 Å². The summed E-state index contributed by atoms with van der Waals surface area (Å²) in [6.07, 6.45) is 4.39. The highest BCUT2D eigenvalue weighted by Gasteiger charge is 2.20. The molecular weight excluding hydrogens is 220 g/mol. The van der Waals surface area contributed by atoms with E-state index in [1.54, 1.807) is 0 Å². The molecule has 0 amide bonds. The molecule has 2 heteroatoms. The van der Waals surface area contributed by atoms with E-state index in [-0.39, 0.29) is 0 Å². The van der Waals surface area contributed by atoms with E-state index in [0.717, 1.165) is 18.5 Å². The number of benzene rings is 1. The maximum atomic E-state index is 4.80. The first kappa shape index (κ1) is 9.89. The maximum absolute atomic E-state index is 4.80. The third-order valence-corrected chi connectivity index (χ3v) is 3.77. The van der Waals surface area contributed by atoms with Crippen molar-refractivity contribution in [2.24, 2.45) is 0 Å². The van der Waals surface area contributed by atoms with Crippen molar-refractivity contribution in [3.05, 3.63) is 59.4 Å². The van der Waals surface area contributed by atoms with Crippen molar-refractivity contribution in [1.82, 2.24) is 9.38 Å². The molecule has 0 saturated heterocycles. The van der Waals surface area contributed by atoms with Crippen molar-refractivity contribution in [3.8, 4) is 11.3 Å². The molecule has 2 heterocycles. The van der Waals surface area contributed by atoms with Crippen LogP contribution in [0.5, 0.6) is 0 Å². The molecule has 0 atom stereocenters. The lowest BCUT2D eigenvalue weighted by Gasteiger charge is -2.15. The predicted octanol–water partition coefficient (Wildman–Crippen LogP) is 3.41. The van der Waals surface area contributed by atoms with E-state index in [0.29, 0.717) is 0 Å². The average Bonchev–Trinajstić information content (AvgIpc) is 2.77. The van der Waals surface area contributed by atoms with Gasteiger partial charge in [-0.25, -0.2) is 4.98 Å². The lowest BCUT2D eigenvalue weighted by atomic mass is 9.92. The number of fused-ring (bicyclic) bond motifs is 5. The molecule has 0 spiro atoms. The van der Waals surface area contributed by atoms with Crippen LogP contribution < -0.4 is 0 Å². The molecule has 0 saturated carbocycles. The quantitative estimate of drug-likeness (QED) is 0.582. The lowest BCUT2D eigenvalue weighted by Crippen LogP contribution is -2.05. The Morgan fingerprint density at radius 2 is 1.94 bits per heavy atom. The zero-order chi connectivity index (χ0) is 12.1. The minimum Gasteiger partial charge on any atom is -0.303 e. The lowest BCUT2D eigenvalue weighted by molar-refractivity contribution is 0.879. The van der Waals surface area contributed by atoms with E-state index in [9.17, 15) is 0 Å². The highest BCUT2D eigenvalue weighted by atomic mass is 15.0. The highest BCUT2D eigenvalue weighted by Crippen LogP contribution is 2.33. The van der Waals surface area contributed by atoms with Gasteiger partial charge in [0.1, 0.15) is 5.65 Å². The summed E-state index contributed by atoms with van der Waals surface area (Å²) >= 11 is 0. The highest BCUT2D eigenvalue weighted by molar-refractivity contribution is 5.71. The third kappa shape index (κ3) is 1.26. The van der Waals surface area contributed by atoms with Gasteiger partial charge in [-0.05, 0) is 37.0 Å². The molecule has 0 bridgehead atoms. The fourth-order valence-electron chi connectivity index (χ4n) is 2.88. The van der Waals surface area contributed by atoms with E-state index in [2.05, 4.69) is 53.9 Å². The van der Waals surface area contributed by atoms with Crippen LogP contribution in [0.4, 0.5) is 0 Å². The Hall–Kier alpha value is -2.09. The van der Waals surface area contributed by atoms with Crippen molar-refractivity contribution in [2.75, 3.05) is 0 Å². The monoisotopic (exact) mass is 234 g/mol. The van der Waals surface area contributed by atoms with E-state index in [4.69, 9.17) is 4.98 Å². The smallest absolute Gasteiger partial charge is 0.137 e. The molecule has 0 N–H and O–H groups in total. The molecule has 1 aliphatic rings. The molecule has 0 unspecified atom stereocenters. The second-order valence-electron chi connectivity index (χ2n) is 5.00.